The van der Waals surface area contributed by atoms with Gasteiger partial charge in [0.1, 0.15) is 5.82 Å². The van der Waals surface area contributed by atoms with Gasteiger partial charge in [-0.15, -0.1) is 5.10 Å². The number of H-pyrrole nitrogens is 1. The molecule has 0 unspecified atom stereocenters. The highest BCUT2D eigenvalue weighted by molar-refractivity contribution is 7.99. The van der Waals surface area contributed by atoms with Crippen molar-refractivity contribution in [3.63, 3.8) is 0 Å². The van der Waals surface area contributed by atoms with Crippen molar-refractivity contribution in [3.05, 3.63) is 40.1 Å². The highest BCUT2D eigenvalue weighted by Gasteiger charge is 2.12. The molecule has 0 bridgehead atoms. The quantitative estimate of drug-likeness (QED) is 0.860. The lowest BCUT2D eigenvalue weighted by atomic mass is 10.2. The van der Waals surface area contributed by atoms with Gasteiger partial charge in [-0.3, -0.25) is 4.57 Å². The van der Waals surface area contributed by atoms with E-state index in [4.69, 9.17) is 0 Å². The van der Waals surface area contributed by atoms with Crippen molar-refractivity contribution >= 4 is 11.8 Å². The molecule has 7 heteroatoms. The van der Waals surface area contributed by atoms with Gasteiger partial charge in [-0.1, -0.05) is 19.9 Å². The summed E-state index contributed by atoms with van der Waals surface area (Å²) < 4.78 is 15.6. The fraction of sp³-hybridized carbons (Fsp3) is 0.429. The van der Waals surface area contributed by atoms with Crippen LogP contribution in [0.2, 0.25) is 0 Å². The van der Waals surface area contributed by atoms with Crippen molar-refractivity contribution in [2.24, 2.45) is 0 Å². The predicted octanol–water partition coefficient (Wildman–Crippen LogP) is 2.38. The van der Waals surface area contributed by atoms with Crippen LogP contribution >= 0.6 is 11.8 Å². The summed E-state index contributed by atoms with van der Waals surface area (Å²) in [4.78, 5) is 11.9. The molecule has 0 radical (unpaired) electrons. The van der Waals surface area contributed by atoms with Gasteiger partial charge in [0.25, 0.3) is 0 Å². The molecule has 0 aliphatic heterocycles. The average molecular weight is 310 g/mol. The van der Waals surface area contributed by atoms with Gasteiger partial charge in [0, 0.05) is 19.1 Å². The maximum atomic E-state index is 14.1. The Kier molecular flexibility index (Phi) is 5.19. The predicted molar refractivity (Wildman–Crippen MR) is 81.0 cm³/mol. The second-order valence-corrected chi connectivity index (χ2v) is 5.97. The monoisotopic (exact) mass is 310 g/mol. The third kappa shape index (κ3) is 3.95. The summed E-state index contributed by atoms with van der Waals surface area (Å²) in [5.41, 5.74) is 0.610. The van der Waals surface area contributed by atoms with Crippen LogP contribution in [0.1, 0.15) is 26.3 Å². The second kappa shape index (κ2) is 6.91. The molecule has 0 amide bonds. The number of hydrogen-bond donors (Lipinski definition) is 2. The summed E-state index contributed by atoms with van der Waals surface area (Å²) in [6.07, 6.45) is 0. The molecule has 0 spiro atoms. The Morgan fingerprint density at radius 3 is 2.86 bits per heavy atom. The number of benzene rings is 1. The van der Waals surface area contributed by atoms with Gasteiger partial charge in [-0.05, 0) is 36.4 Å². The van der Waals surface area contributed by atoms with E-state index in [-0.39, 0.29) is 11.5 Å². The van der Waals surface area contributed by atoms with Crippen LogP contribution in [-0.4, -0.2) is 20.8 Å². The third-order valence-corrected chi connectivity index (χ3v) is 4.00. The molecule has 0 atom stereocenters. The van der Waals surface area contributed by atoms with E-state index in [9.17, 15) is 9.18 Å². The van der Waals surface area contributed by atoms with Gasteiger partial charge in [-0.25, -0.2) is 14.3 Å². The minimum atomic E-state index is -0.304. The number of hydrogen-bond acceptors (Lipinski definition) is 4. The number of nitrogens with one attached hydrogen (secondary N) is 2. The van der Waals surface area contributed by atoms with E-state index in [1.807, 2.05) is 26.8 Å². The lowest BCUT2D eigenvalue weighted by molar-refractivity contribution is 0.574. The summed E-state index contributed by atoms with van der Waals surface area (Å²) in [5, 5.41) is 10.0. The van der Waals surface area contributed by atoms with E-state index in [0.717, 1.165) is 17.3 Å². The molecule has 5 nitrogen and oxygen atoms in total. The maximum absolute atomic E-state index is 14.1. The van der Waals surface area contributed by atoms with E-state index in [0.29, 0.717) is 29.2 Å². The molecule has 1 aromatic carbocycles. The fourth-order valence-corrected chi connectivity index (χ4v) is 2.72. The number of nitrogens with zero attached hydrogens (tertiary/aromatic N) is 2. The molecule has 0 fully saturated rings. The van der Waals surface area contributed by atoms with Crippen LogP contribution in [0.5, 0.6) is 0 Å². The van der Waals surface area contributed by atoms with Crippen molar-refractivity contribution in [1.82, 2.24) is 20.1 Å². The Hall–Kier alpha value is -1.60. The molecule has 0 aliphatic rings. The SMILES string of the molecule is CCn1c(Sc2ccc(CNC(C)C)cc2F)n[nH]c1=O. The minimum Gasteiger partial charge on any atom is -0.310 e. The van der Waals surface area contributed by atoms with Gasteiger partial charge in [0.15, 0.2) is 5.16 Å². The molecule has 0 saturated carbocycles. The Bertz CT molecular complexity index is 665. The lowest BCUT2D eigenvalue weighted by Crippen LogP contribution is -2.21. The van der Waals surface area contributed by atoms with Gasteiger partial charge in [-0.2, -0.15) is 0 Å². The van der Waals surface area contributed by atoms with E-state index in [2.05, 4.69) is 15.5 Å². The molecular formula is C14H19FN4OS. The van der Waals surface area contributed by atoms with Crippen molar-refractivity contribution < 1.29 is 4.39 Å². The van der Waals surface area contributed by atoms with E-state index < -0.39 is 0 Å². The highest BCUT2D eigenvalue weighted by Crippen LogP contribution is 2.28. The van der Waals surface area contributed by atoms with Gasteiger partial charge in [0.05, 0.1) is 4.90 Å². The summed E-state index contributed by atoms with van der Waals surface area (Å²) in [6, 6.07) is 5.46. The summed E-state index contributed by atoms with van der Waals surface area (Å²) >= 11 is 1.14. The smallest absolute Gasteiger partial charge is 0.310 e. The Labute approximate surface area is 127 Å². The van der Waals surface area contributed by atoms with E-state index >= 15 is 0 Å². The van der Waals surface area contributed by atoms with Gasteiger partial charge < -0.3 is 5.32 Å². The third-order valence-electron chi connectivity index (χ3n) is 2.95. The summed E-state index contributed by atoms with van der Waals surface area (Å²) in [5.74, 6) is -0.304. The fourth-order valence-electron chi connectivity index (χ4n) is 1.82. The Morgan fingerprint density at radius 1 is 1.48 bits per heavy atom. The number of rotatable bonds is 6. The molecule has 0 aliphatic carbocycles. The lowest BCUT2D eigenvalue weighted by Gasteiger charge is -2.09. The first-order valence-electron chi connectivity index (χ1n) is 6.86. The van der Waals surface area contributed by atoms with Crippen LogP contribution in [-0.2, 0) is 13.1 Å². The number of aromatic nitrogens is 3. The zero-order valence-electron chi connectivity index (χ0n) is 12.3. The molecular weight excluding hydrogens is 291 g/mol. The normalized spacial score (nSPS) is 11.3. The standard InChI is InChI=1S/C14H19FN4OS/c1-4-19-13(20)17-18-14(19)21-12-6-5-10(7-11(12)15)8-16-9(2)3/h5-7,9,16H,4,8H2,1-3H3,(H,17,20). The first-order valence-corrected chi connectivity index (χ1v) is 7.67. The maximum Gasteiger partial charge on any atom is 0.343 e. The topological polar surface area (TPSA) is 62.7 Å². The Morgan fingerprint density at radius 2 is 2.24 bits per heavy atom. The van der Waals surface area contributed by atoms with E-state index in [1.165, 1.54) is 10.6 Å². The molecule has 114 valence electrons. The Balaban J connectivity index is 2.15. The molecule has 0 saturated heterocycles. The molecule has 2 aromatic rings. The zero-order chi connectivity index (χ0) is 15.4. The first-order chi connectivity index (χ1) is 10.0. The second-order valence-electron chi connectivity index (χ2n) is 4.96. The van der Waals surface area contributed by atoms with Crippen molar-refractivity contribution in [2.45, 2.75) is 50.0 Å². The van der Waals surface area contributed by atoms with Crippen LogP contribution in [0.25, 0.3) is 0 Å². The van der Waals surface area contributed by atoms with Crippen LogP contribution in [0.3, 0.4) is 0 Å². The summed E-state index contributed by atoms with van der Waals surface area (Å²) in [7, 11) is 0. The van der Waals surface area contributed by atoms with Gasteiger partial charge in [0.2, 0.25) is 0 Å². The van der Waals surface area contributed by atoms with Crippen LogP contribution in [0.15, 0.2) is 33.0 Å². The molecule has 2 rings (SSSR count). The molecule has 2 N–H and O–H groups in total. The average Bonchev–Trinajstić information content (AvgIpc) is 2.79. The first kappa shape index (κ1) is 15.8. The van der Waals surface area contributed by atoms with Crippen LogP contribution < -0.4 is 11.0 Å². The summed E-state index contributed by atoms with van der Waals surface area (Å²) in [6.45, 7) is 7.06. The largest absolute Gasteiger partial charge is 0.343 e. The van der Waals surface area contributed by atoms with Crippen LogP contribution in [0, 0.1) is 5.82 Å². The molecule has 21 heavy (non-hydrogen) atoms. The van der Waals surface area contributed by atoms with Gasteiger partial charge >= 0.3 is 5.69 Å². The molecule has 1 heterocycles. The zero-order valence-corrected chi connectivity index (χ0v) is 13.1. The van der Waals surface area contributed by atoms with Crippen molar-refractivity contribution in [1.29, 1.82) is 0 Å². The number of halogens is 1. The number of aromatic amines is 1. The van der Waals surface area contributed by atoms with Crippen molar-refractivity contribution in [2.75, 3.05) is 0 Å². The van der Waals surface area contributed by atoms with E-state index in [1.54, 1.807) is 6.07 Å². The minimum absolute atomic E-state index is 0.279. The van der Waals surface area contributed by atoms with Crippen molar-refractivity contribution in [3.8, 4) is 0 Å². The van der Waals surface area contributed by atoms with Crippen LogP contribution in [0.4, 0.5) is 4.39 Å². The highest BCUT2D eigenvalue weighted by atomic mass is 32.2. The molecule has 1 aromatic heterocycles.